The number of hydrogen-bond acceptors (Lipinski definition) is 4. The summed E-state index contributed by atoms with van der Waals surface area (Å²) >= 11 is 1.58. The summed E-state index contributed by atoms with van der Waals surface area (Å²) in [5, 5.41) is 6.09. The maximum Gasteiger partial charge on any atom is 0.225 e. The van der Waals surface area contributed by atoms with Gasteiger partial charge in [0.25, 0.3) is 0 Å². The molecule has 1 heterocycles. The first-order valence-corrected chi connectivity index (χ1v) is 9.45. The molecule has 1 saturated carbocycles. The Morgan fingerprint density at radius 1 is 1.38 bits per heavy atom. The zero-order chi connectivity index (χ0) is 17.2. The Morgan fingerprint density at radius 3 is 2.83 bits per heavy atom. The second kappa shape index (κ2) is 7.03. The quantitative estimate of drug-likeness (QED) is 0.885. The summed E-state index contributed by atoms with van der Waals surface area (Å²) in [6.07, 6.45) is 3.97. The molecule has 0 radical (unpaired) electrons. The largest absolute Gasteiger partial charge is 0.347 e. The summed E-state index contributed by atoms with van der Waals surface area (Å²) in [7, 11) is 0. The predicted octanol–water partition coefficient (Wildman–Crippen LogP) is 3.89. The van der Waals surface area contributed by atoms with E-state index in [2.05, 4.69) is 10.3 Å². The summed E-state index contributed by atoms with van der Waals surface area (Å²) in [4.78, 5) is 17.3. The number of carbonyl (C=O) groups is 1. The van der Waals surface area contributed by atoms with Crippen molar-refractivity contribution in [1.29, 1.82) is 0 Å². The van der Waals surface area contributed by atoms with Crippen LogP contribution < -0.4 is 11.1 Å². The standard InChI is InChI=1S/C19H25N3OS/c1-13(21-17(23)15-10-6-7-11-19(15,2)20)18-22-16(12-24-18)14-8-4-3-5-9-14/h3-5,8-9,12-13,15H,6-7,10-11,20H2,1-2H3,(H,21,23). The zero-order valence-electron chi connectivity index (χ0n) is 14.3. The lowest BCUT2D eigenvalue weighted by Gasteiger charge is -2.37. The van der Waals surface area contributed by atoms with Gasteiger partial charge >= 0.3 is 0 Å². The molecule has 3 rings (SSSR count). The first-order valence-electron chi connectivity index (χ1n) is 8.57. The van der Waals surface area contributed by atoms with E-state index in [4.69, 9.17) is 5.73 Å². The number of carbonyl (C=O) groups excluding carboxylic acids is 1. The Hall–Kier alpha value is -1.72. The van der Waals surface area contributed by atoms with Gasteiger partial charge in [-0.1, -0.05) is 43.2 Å². The molecule has 1 aliphatic carbocycles. The van der Waals surface area contributed by atoms with Crippen LogP contribution in [0.5, 0.6) is 0 Å². The minimum Gasteiger partial charge on any atom is -0.347 e. The van der Waals surface area contributed by atoms with Crippen molar-refractivity contribution < 1.29 is 4.79 Å². The lowest BCUT2D eigenvalue weighted by Crippen LogP contribution is -2.53. The van der Waals surface area contributed by atoms with Gasteiger partial charge in [-0.15, -0.1) is 11.3 Å². The molecule has 3 N–H and O–H groups in total. The third-order valence-corrected chi connectivity index (χ3v) is 5.92. The van der Waals surface area contributed by atoms with E-state index < -0.39 is 5.54 Å². The average Bonchev–Trinajstić information content (AvgIpc) is 3.05. The van der Waals surface area contributed by atoms with Gasteiger partial charge < -0.3 is 11.1 Å². The minimum atomic E-state index is -0.403. The molecule has 0 saturated heterocycles. The molecule has 1 aliphatic rings. The van der Waals surface area contributed by atoms with E-state index in [1.165, 1.54) is 0 Å². The summed E-state index contributed by atoms with van der Waals surface area (Å²) in [6, 6.07) is 9.99. The van der Waals surface area contributed by atoms with E-state index in [0.29, 0.717) is 0 Å². The Balaban J connectivity index is 1.68. The van der Waals surface area contributed by atoms with Gasteiger partial charge in [-0.25, -0.2) is 4.98 Å². The zero-order valence-corrected chi connectivity index (χ0v) is 15.1. The van der Waals surface area contributed by atoms with Crippen LogP contribution in [0.3, 0.4) is 0 Å². The van der Waals surface area contributed by atoms with E-state index in [-0.39, 0.29) is 17.9 Å². The molecule has 0 aliphatic heterocycles. The van der Waals surface area contributed by atoms with E-state index >= 15 is 0 Å². The van der Waals surface area contributed by atoms with Gasteiger partial charge in [-0.3, -0.25) is 4.79 Å². The van der Waals surface area contributed by atoms with Crippen molar-refractivity contribution in [2.75, 3.05) is 0 Å². The molecule has 1 aromatic carbocycles. The molecule has 4 nitrogen and oxygen atoms in total. The molecule has 1 fully saturated rings. The van der Waals surface area contributed by atoms with Crippen molar-refractivity contribution in [1.82, 2.24) is 10.3 Å². The summed E-state index contributed by atoms with van der Waals surface area (Å²) < 4.78 is 0. The smallest absolute Gasteiger partial charge is 0.225 e. The van der Waals surface area contributed by atoms with Crippen molar-refractivity contribution in [3.63, 3.8) is 0 Å². The SMILES string of the molecule is CC(NC(=O)C1CCCCC1(C)N)c1nc(-c2ccccc2)cs1. The number of benzene rings is 1. The normalized spacial score (nSPS) is 25.2. The fraction of sp³-hybridized carbons (Fsp3) is 0.474. The highest BCUT2D eigenvalue weighted by molar-refractivity contribution is 7.10. The van der Waals surface area contributed by atoms with Crippen molar-refractivity contribution in [2.45, 2.75) is 51.1 Å². The van der Waals surface area contributed by atoms with Crippen molar-refractivity contribution in [3.05, 3.63) is 40.7 Å². The molecule has 1 aromatic heterocycles. The fourth-order valence-electron chi connectivity index (χ4n) is 3.39. The third-order valence-electron chi connectivity index (χ3n) is 4.89. The van der Waals surface area contributed by atoms with Crippen molar-refractivity contribution in [3.8, 4) is 11.3 Å². The monoisotopic (exact) mass is 343 g/mol. The number of amides is 1. The van der Waals surface area contributed by atoms with Crippen molar-refractivity contribution in [2.24, 2.45) is 11.7 Å². The van der Waals surface area contributed by atoms with Crippen LogP contribution in [0.2, 0.25) is 0 Å². The number of nitrogens with one attached hydrogen (secondary N) is 1. The van der Waals surface area contributed by atoms with Crippen LogP contribution in [0, 0.1) is 5.92 Å². The van der Waals surface area contributed by atoms with Gasteiger partial charge in [-0.2, -0.15) is 0 Å². The second-order valence-corrected chi connectivity index (χ2v) is 7.86. The van der Waals surface area contributed by atoms with Gasteiger partial charge in [0.1, 0.15) is 5.01 Å². The van der Waals surface area contributed by atoms with Crippen LogP contribution in [-0.2, 0) is 4.79 Å². The summed E-state index contributed by atoms with van der Waals surface area (Å²) in [6.45, 7) is 3.99. The topological polar surface area (TPSA) is 68.0 Å². The molecule has 3 unspecified atom stereocenters. The molecule has 0 bridgehead atoms. The van der Waals surface area contributed by atoms with E-state index in [9.17, 15) is 4.79 Å². The minimum absolute atomic E-state index is 0.0589. The fourth-order valence-corrected chi connectivity index (χ4v) is 4.23. The molecule has 5 heteroatoms. The predicted molar refractivity (Wildman–Crippen MR) is 98.7 cm³/mol. The lowest BCUT2D eigenvalue weighted by atomic mass is 9.74. The molecule has 3 atom stereocenters. The number of rotatable bonds is 4. The number of thiazole rings is 1. The molecular formula is C19H25N3OS. The lowest BCUT2D eigenvalue weighted by molar-refractivity contribution is -0.128. The average molecular weight is 343 g/mol. The van der Waals surface area contributed by atoms with E-state index in [1.54, 1.807) is 11.3 Å². The molecular weight excluding hydrogens is 318 g/mol. The number of aromatic nitrogens is 1. The van der Waals surface area contributed by atoms with Gasteiger partial charge in [0, 0.05) is 16.5 Å². The molecule has 2 aromatic rings. The molecule has 24 heavy (non-hydrogen) atoms. The van der Waals surface area contributed by atoms with Crippen LogP contribution in [0.25, 0.3) is 11.3 Å². The Morgan fingerprint density at radius 2 is 2.12 bits per heavy atom. The third kappa shape index (κ3) is 3.68. The number of hydrogen-bond donors (Lipinski definition) is 2. The summed E-state index contributed by atoms with van der Waals surface area (Å²) in [5.74, 6) is -0.0501. The van der Waals surface area contributed by atoms with Gasteiger partial charge in [0.05, 0.1) is 17.7 Å². The van der Waals surface area contributed by atoms with E-state index in [0.717, 1.165) is 41.9 Å². The Kier molecular flexibility index (Phi) is 5.01. The first kappa shape index (κ1) is 17.1. The van der Waals surface area contributed by atoms with Crippen LogP contribution in [-0.4, -0.2) is 16.4 Å². The Bertz CT molecular complexity index is 696. The molecule has 0 spiro atoms. The summed E-state index contributed by atoms with van der Waals surface area (Å²) in [5.41, 5.74) is 8.00. The van der Waals surface area contributed by atoms with Crippen LogP contribution in [0.4, 0.5) is 0 Å². The second-order valence-electron chi connectivity index (χ2n) is 6.97. The maximum atomic E-state index is 12.7. The van der Waals surface area contributed by atoms with Crippen LogP contribution in [0.1, 0.15) is 50.6 Å². The maximum absolute atomic E-state index is 12.7. The van der Waals surface area contributed by atoms with Crippen LogP contribution in [0.15, 0.2) is 35.7 Å². The van der Waals surface area contributed by atoms with Gasteiger partial charge in [-0.05, 0) is 26.7 Å². The number of nitrogens with two attached hydrogens (primary N) is 1. The van der Waals surface area contributed by atoms with Crippen molar-refractivity contribution >= 4 is 17.2 Å². The van der Waals surface area contributed by atoms with E-state index in [1.807, 2.05) is 49.6 Å². The van der Waals surface area contributed by atoms with Gasteiger partial charge in [0.15, 0.2) is 0 Å². The highest BCUT2D eigenvalue weighted by Gasteiger charge is 2.38. The molecule has 128 valence electrons. The highest BCUT2D eigenvalue weighted by Crippen LogP contribution is 2.32. The molecule has 1 amide bonds. The van der Waals surface area contributed by atoms with Crippen LogP contribution >= 0.6 is 11.3 Å². The number of nitrogens with zero attached hydrogens (tertiary/aromatic N) is 1. The highest BCUT2D eigenvalue weighted by atomic mass is 32.1. The Labute approximate surface area is 147 Å². The van der Waals surface area contributed by atoms with Gasteiger partial charge in [0.2, 0.25) is 5.91 Å². The first-order chi connectivity index (χ1) is 11.5.